The molecule has 0 radical (unpaired) electrons. The summed E-state index contributed by atoms with van der Waals surface area (Å²) in [5.74, 6) is -0.384. The fraction of sp³-hybridized carbons (Fsp3) is 0.167. The molecule has 0 bridgehead atoms. The van der Waals surface area contributed by atoms with Gasteiger partial charge in [-0.3, -0.25) is 15.5 Å². The van der Waals surface area contributed by atoms with E-state index in [1.807, 2.05) is 0 Å². The second-order valence-corrected chi connectivity index (χ2v) is 6.89. The predicted molar refractivity (Wildman–Crippen MR) is 87.3 cm³/mol. The number of imidazole rings is 1. The molecule has 0 fully saturated rings. The first-order valence-corrected chi connectivity index (χ1v) is 8.44. The largest absolute Gasteiger partial charge is 0.434 e. The van der Waals surface area contributed by atoms with Gasteiger partial charge >= 0.3 is 5.95 Å². The Kier molecular flexibility index (Phi) is 4.78. The van der Waals surface area contributed by atoms with Crippen LogP contribution in [0.25, 0.3) is 0 Å². The van der Waals surface area contributed by atoms with E-state index >= 15 is 0 Å². The maximum atomic E-state index is 11.5. The van der Waals surface area contributed by atoms with Crippen molar-refractivity contribution in [1.82, 2.24) is 9.55 Å². The molecule has 0 aliphatic rings. The number of nitro groups is 2. The minimum Gasteiger partial charge on any atom is -0.390 e. The normalized spacial score (nSPS) is 11.6. The van der Waals surface area contributed by atoms with Crippen LogP contribution >= 0.6 is 0 Å². The van der Waals surface area contributed by atoms with Crippen LogP contribution in [-0.4, -0.2) is 40.3 Å². The van der Waals surface area contributed by atoms with Gasteiger partial charge in [0.05, 0.1) is 23.1 Å². The van der Waals surface area contributed by atoms with Crippen molar-refractivity contribution in [3.8, 4) is 0 Å². The lowest BCUT2D eigenvalue weighted by molar-refractivity contribution is -0.396. The van der Waals surface area contributed by atoms with E-state index in [2.05, 4.69) is 15.5 Å². The molecule has 13 heteroatoms. The zero-order valence-electron chi connectivity index (χ0n) is 13.0. The fourth-order valence-electron chi connectivity index (χ4n) is 1.86. The summed E-state index contributed by atoms with van der Waals surface area (Å²) >= 11 is 0. The fourth-order valence-corrected chi connectivity index (χ4v) is 2.50. The van der Waals surface area contributed by atoms with Crippen molar-refractivity contribution in [3.05, 3.63) is 50.3 Å². The predicted octanol–water partition coefficient (Wildman–Crippen LogP) is 1.09. The average Bonchev–Trinajstić information content (AvgIpc) is 2.87. The van der Waals surface area contributed by atoms with Gasteiger partial charge in [0.25, 0.3) is 5.69 Å². The second-order valence-electron chi connectivity index (χ2n) is 4.88. The number of aromatic nitrogens is 2. The lowest BCUT2D eigenvalue weighted by atomic mass is 10.3. The van der Waals surface area contributed by atoms with Crippen LogP contribution in [0.1, 0.15) is 5.69 Å². The maximum Gasteiger partial charge on any atom is 0.434 e. The summed E-state index contributed by atoms with van der Waals surface area (Å²) in [6.45, 7) is 0. The van der Waals surface area contributed by atoms with Gasteiger partial charge in [-0.1, -0.05) is 4.98 Å². The first-order chi connectivity index (χ1) is 11.6. The van der Waals surface area contributed by atoms with Crippen LogP contribution < -0.4 is 5.43 Å². The number of benzene rings is 1. The van der Waals surface area contributed by atoms with Crippen molar-refractivity contribution in [1.29, 1.82) is 0 Å². The van der Waals surface area contributed by atoms with E-state index in [0.29, 0.717) is 0 Å². The molecule has 2 rings (SSSR count). The standard InChI is InChI=1S/C12H12N6O6S/c1-16-8(6-13-12(16)18(21)22)7-14-15-10-4-3-9(25(2,23)24)5-11(10)17(19)20/h3-7,15H,1-2H3. The minimum atomic E-state index is -3.60. The molecule has 0 spiro atoms. The molecule has 0 saturated carbocycles. The number of hydrogen-bond acceptors (Lipinski definition) is 9. The Morgan fingerprint density at radius 1 is 1.28 bits per heavy atom. The first-order valence-electron chi connectivity index (χ1n) is 6.55. The van der Waals surface area contributed by atoms with Crippen LogP contribution in [0.4, 0.5) is 17.3 Å². The monoisotopic (exact) mass is 368 g/mol. The van der Waals surface area contributed by atoms with Crippen molar-refractivity contribution in [2.75, 3.05) is 11.7 Å². The Bertz CT molecular complexity index is 980. The molecule has 0 amide bonds. The van der Waals surface area contributed by atoms with Crippen molar-refractivity contribution in [3.63, 3.8) is 0 Å². The number of nitrogens with zero attached hydrogens (tertiary/aromatic N) is 5. The van der Waals surface area contributed by atoms with E-state index in [9.17, 15) is 28.6 Å². The molecule has 0 saturated heterocycles. The van der Waals surface area contributed by atoms with Crippen molar-refractivity contribution in [2.45, 2.75) is 4.90 Å². The Hall–Kier alpha value is -3.35. The molecule has 132 valence electrons. The van der Waals surface area contributed by atoms with Gasteiger partial charge in [-0.15, -0.1) is 0 Å². The Balaban J connectivity index is 2.29. The lowest BCUT2D eigenvalue weighted by Gasteiger charge is -2.04. The van der Waals surface area contributed by atoms with Crippen molar-refractivity contribution in [2.24, 2.45) is 12.1 Å². The third-order valence-electron chi connectivity index (χ3n) is 3.14. The zero-order valence-corrected chi connectivity index (χ0v) is 13.8. The number of rotatable bonds is 6. The highest BCUT2D eigenvalue weighted by atomic mass is 32.2. The molecule has 2 aromatic rings. The average molecular weight is 368 g/mol. The smallest absolute Gasteiger partial charge is 0.390 e. The van der Waals surface area contributed by atoms with Gasteiger partial charge in [-0.25, -0.2) is 13.0 Å². The van der Waals surface area contributed by atoms with E-state index in [-0.39, 0.29) is 22.2 Å². The number of hydrazone groups is 1. The quantitative estimate of drug-likeness (QED) is 0.450. The molecular formula is C12H12N6O6S. The second kappa shape index (κ2) is 6.64. The topological polar surface area (TPSA) is 163 Å². The third-order valence-corrected chi connectivity index (χ3v) is 4.25. The molecule has 1 N–H and O–H groups in total. The maximum absolute atomic E-state index is 11.5. The number of hydrogen-bond donors (Lipinski definition) is 1. The van der Waals surface area contributed by atoms with Crippen LogP contribution in [0.15, 0.2) is 34.4 Å². The van der Waals surface area contributed by atoms with Crippen LogP contribution in [0.2, 0.25) is 0 Å². The van der Waals surface area contributed by atoms with E-state index in [1.54, 1.807) is 0 Å². The van der Waals surface area contributed by atoms with E-state index in [1.165, 1.54) is 36.2 Å². The highest BCUT2D eigenvalue weighted by molar-refractivity contribution is 7.90. The molecule has 0 unspecified atom stereocenters. The number of sulfone groups is 1. The number of nitro benzene ring substituents is 1. The van der Waals surface area contributed by atoms with Crippen LogP contribution in [-0.2, 0) is 16.9 Å². The summed E-state index contributed by atoms with van der Waals surface area (Å²) < 4.78 is 24.1. The molecule has 25 heavy (non-hydrogen) atoms. The van der Waals surface area contributed by atoms with E-state index < -0.39 is 25.4 Å². The molecule has 12 nitrogen and oxygen atoms in total. The van der Waals surface area contributed by atoms with Crippen LogP contribution in [0.5, 0.6) is 0 Å². The first kappa shape index (κ1) is 18.0. The number of nitrogens with one attached hydrogen (secondary N) is 1. The zero-order chi connectivity index (χ0) is 18.8. The SMILES string of the molecule is Cn1c(C=NNc2ccc(S(C)(=O)=O)cc2[N+](=O)[O-])cnc1[N+](=O)[O-]. The highest BCUT2D eigenvalue weighted by Crippen LogP contribution is 2.27. The van der Waals surface area contributed by atoms with Gasteiger partial charge in [0.1, 0.15) is 11.9 Å². The Morgan fingerprint density at radius 3 is 2.48 bits per heavy atom. The Morgan fingerprint density at radius 2 is 1.96 bits per heavy atom. The van der Waals surface area contributed by atoms with Gasteiger partial charge in [-0.2, -0.15) is 5.10 Å². The summed E-state index contributed by atoms with van der Waals surface area (Å²) in [5.41, 5.74) is 2.18. The summed E-state index contributed by atoms with van der Waals surface area (Å²) in [5, 5.41) is 25.6. The highest BCUT2D eigenvalue weighted by Gasteiger charge is 2.19. The molecule has 0 aliphatic heterocycles. The van der Waals surface area contributed by atoms with Gasteiger partial charge in [0.2, 0.25) is 0 Å². The third kappa shape index (κ3) is 3.95. The number of anilines is 1. The van der Waals surface area contributed by atoms with Gasteiger partial charge in [0.15, 0.2) is 15.5 Å². The molecule has 1 heterocycles. The van der Waals surface area contributed by atoms with E-state index in [0.717, 1.165) is 12.3 Å². The molecule has 1 aromatic carbocycles. The molecule has 0 atom stereocenters. The molecule has 1 aromatic heterocycles. The van der Waals surface area contributed by atoms with Gasteiger partial charge in [-0.05, 0) is 17.1 Å². The van der Waals surface area contributed by atoms with Crippen molar-refractivity contribution >= 4 is 33.4 Å². The lowest BCUT2D eigenvalue weighted by Crippen LogP contribution is -2.03. The van der Waals surface area contributed by atoms with Crippen LogP contribution in [0.3, 0.4) is 0 Å². The molecule has 0 aliphatic carbocycles. The van der Waals surface area contributed by atoms with Crippen molar-refractivity contribution < 1.29 is 18.3 Å². The van der Waals surface area contributed by atoms with Gasteiger partial charge in [0, 0.05) is 12.3 Å². The summed E-state index contributed by atoms with van der Waals surface area (Å²) in [6, 6.07) is 3.33. The summed E-state index contributed by atoms with van der Waals surface area (Å²) in [6.07, 6.45) is 3.34. The summed E-state index contributed by atoms with van der Waals surface area (Å²) in [4.78, 5) is 23.8. The summed E-state index contributed by atoms with van der Waals surface area (Å²) in [7, 11) is -2.18. The van der Waals surface area contributed by atoms with Crippen LogP contribution in [0, 0.1) is 20.2 Å². The Labute approximate surface area is 141 Å². The molecular weight excluding hydrogens is 356 g/mol. The minimum absolute atomic E-state index is 0.0367. The van der Waals surface area contributed by atoms with E-state index in [4.69, 9.17) is 0 Å². The van der Waals surface area contributed by atoms with Gasteiger partial charge < -0.3 is 10.1 Å².